The van der Waals surface area contributed by atoms with Crippen LogP contribution in [0.4, 0.5) is 10.2 Å². The van der Waals surface area contributed by atoms with E-state index >= 15 is 0 Å². The molecule has 0 aliphatic carbocycles. The second kappa shape index (κ2) is 9.43. The maximum Gasteiger partial charge on any atom is 0.306 e. The van der Waals surface area contributed by atoms with Crippen molar-refractivity contribution in [1.29, 1.82) is 0 Å². The van der Waals surface area contributed by atoms with Crippen molar-refractivity contribution in [1.82, 2.24) is 9.97 Å². The van der Waals surface area contributed by atoms with Gasteiger partial charge in [-0.2, -0.15) is 0 Å². The number of furan rings is 1. The minimum absolute atomic E-state index is 0.218. The number of carbonyl (C=O) groups is 1. The summed E-state index contributed by atoms with van der Waals surface area (Å²) in [5.74, 6) is -0.872. The highest BCUT2D eigenvalue weighted by Crippen LogP contribution is 2.33. The number of methoxy groups -OCH3 is 1. The summed E-state index contributed by atoms with van der Waals surface area (Å²) in [5.41, 5.74) is 2.30. The van der Waals surface area contributed by atoms with Crippen molar-refractivity contribution in [3.63, 3.8) is 0 Å². The monoisotopic (exact) mass is 427 g/mol. The lowest BCUT2D eigenvalue weighted by molar-refractivity contribution is -0.142. The van der Waals surface area contributed by atoms with Crippen LogP contribution in [-0.4, -0.2) is 47.8 Å². The minimum Gasteiger partial charge on any atom is -0.481 e. The standard InChI is InChI=1S/C23H26FN3O4/c1-30-10-3-2-4-18-14-25-20(17-12-16-7-11-31-21(16)19(24)13-17)22(26-18)27-8-5-15(6-9-27)23(28)29/h7,11-15H,2-6,8-10H2,1H3,(H,28,29). The molecule has 7 nitrogen and oxygen atoms in total. The van der Waals surface area contributed by atoms with Gasteiger partial charge in [0.25, 0.3) is 0 Å². The molecule has 0 bridgehead atoms. The Kier molecular flexibility index (Phi) is 6.46. The molecule has 0 spiro atoms. The van der Waals surface area contributed by atoms with E-state index in [1.165, 1.54) is 12.3 Å². The molecule has 2 aromatic heterocycles. The van der Waals surface area contributed by atoms with Gasteiger partial charge in [0.05, 0.1) is 17.9 Å². The summed E-state index contributed by atoms with van der Waals surface area (Å²) in [4.78, 5) is 22.9. The molecule has 0 atom stereocenters. The number of hydrogen-bond donors (Lipinski definition) is 1. The summed E-state index contributed by atoms with van der Waals surface area (Å²) in [5, 5.41) is 9.98. The Morgan fingerprint density at radius 2 is 2.13 bits per heavy atom. The summed E-state index contributed by atoms with van der Waals surface area (Å²) in [6, 6.07) is 4.98. The molecule has 31 heavy (non-hydrogen) atoms. The number of piperidine rings is 1. The fraction of sp³-hybridized carbons (Fsp3) is 0.435. The molecule has 3 heterocycles. The molecule has 1 aliphatic heterocycles. The van der Waals surface area contributed by atoms with Crippen LogP contribution < -0.4 is 4.90 Å². The number of rotatable bonds is 8. The van der Waals surface area contributed by atoms with Gasteiger partial charge >= 0.3 is 5.97 Å². The predicted octanol–water partition coefficient (Wildman–Crippen LogP) is 4.30. The van der Waals surface area contributed by atoms with E-state index in [9.17, 15) is 14.3 Å². The number of aliphatic carboxylic acids is 1. The Morgan fingerprint density at radius 1 is 1.32 bits per heavy atom. The van der Waals surface area contributed by atoms with E-state index in [2.05, 4.69) is 9.88 Å². The first-order valence-electron chi connectivity index (χ1n) is 10.6. The molecule has 0 amide bonds. The van der Waals surface area contributed by atoms with Crippen LogP contribution in [0.3, 0.4) is 0 Å². The molecule has 0 radical (unpaired) electrons. The lowest BCUT2D eigenvalue weighted by Gasteiger charge is -2.32. The van der Waals surface area contributed by atoms with Crippen LogP contribution in [0, 0.1) is 11.7 Å². The van der Waals surface area contributed by atoms with Crippen molar-refractivity contribution in [3.05, 3.63) is 42.2 Å². The number of nitrogens with zero attached hydrogens (tertiary/aromatic N) is 3. The first kappa shape index (κ1) is 21.2. The lowest BCUT2D eigenvalue weighted by Crippen LogP contribution is -2.37. The smallest absolute Gasteiger partial charge is 0.306 e. The summed E-state index contributed by atoms with van der Waals surface area (Å²) >= 11 is 0. The third-order valence-corrected chi connectivity index (χ3v) is 5.76. The number of fused-ring (bicyclic) bond motifs is 1. The first-order chi connectivity index (χ1) is 15.1. The molecule has 1 saturated heterocycles. The number of aromatic nitrogens is 2. The molecule has 4 rings (SSSR count). The van der Waals surface area contributed by atoms with Gasteiger partial charge in [-0.1, -0.05) is 0 Å². The zero-order valence-corrected chi connectivity index (χ0v) is 17.5. The third-order valence-electron chi connectivity index (χ3n) is 5.76. The van der Waals surface area contributed by atoms with Gasteiger partial charge in [-0.25, -0.2) is 9.37 Å². The summed E-state index contributed by atoms with van der Waals surface area (Å²) in [6.45, 7) is 1.84. The first-order valence-corrected chi connectivity index (χ1v) is 10.6. The minimum atomic E-state index is -0.759. The van der Waals surface area contributed by atoms with Crippen LogP contribution in [0.5, 0.6) is 0 Å². The number of unbranched alkanes of at least 4 members (excludes halogenated alkanes) is 1. The van der Waals surface area contributed by atoms with E-state index in [0.29, 0.717) is 55.0 Å². The number of anilines is 1. The Morgan fingerprint density at radius 3 is 2.87 bits per heavy atom. The quantitative estimate of drug-likeness (QED) is 0.536. The Bertz CT molecular complexity index is 1060. The van der Waals surface area contributed by atoms with Crippen LogP contribution >= 0.6 is 0 Å². The van der Waals surface area contributed by atoms with Gasteiger partial charge in [0.2, 0.25) is 0 Å². The number of aryl methyl sites for hydroxylation is 1. The Labute approximate surface area is 179 Å². The molecule has 1 N–H and O–H groups in total. The number of carboxylic acids is 1. The Hall–Kier alpha value is -3.00. The van der Waals surface area contributed by atoms with Gasteiger partial charge in [-0.3, -0.25) is 9.78 Å². The van der Waals surface area contributed by atoms with Crippen LogP contribution in [0.25, 0.3) is 22.2 Å². The Balaban J connectivity index is 1.67. The topological polar surface area (TPSA) is 88.7 Å². The summed E-state index contributed by atoms with van der Waals surface area (Å²) in [7, 11) is 1.68. The zero-order valence-electron chi connectivity index (χ0n) is 17.5. The van der Waals surface area contributed by atoms with Crippen LogP contribution in [-0.2, 0) is 16.0 Å². The molecular formula is C23H26FN3O4. The van der Waals surface area contributed by atoms with Gasteiger partial charge in [0.15, 0.2) is 17.2 Å². The van der Waals surface area contributed by atoms with Gasteiger partial charge in [-0.15, -0.1) is 0 Å². The molecule has 8 heteroatoms. The maximum absolute atomic E-state index is 14.6. The van der Waals surface area contributed by atoms with Crippen molar-refractivity contribution in [2.75, 3.05) is 31.7 Å². The highest BCUT2D eigenvalue weighted by molar-refractivity contribution is 5.85. The second-order valence-corrected chi connectivity index (χ2v) is 7.88. The molecule has 164 valence electrons. The number of carboxylic acid groups (broad SMARTS) is 1. The molecule has 1 aromatic carbocycles. The second-order valence-electron chi connectivity index (χ2n) is 7.88. The number of ether oxygens (including phenoxy) is 1. The highest BCUT2D eigenvalue weighted by Gasteiger charge is 2.27. The van der Waals surface area contributed by atoms with Gasteiger partial charge < -0.3 is 19.2 Å². The van der Waals surface area contributed by atoms with E-state index < -0.39 is 11.8 Å². The fourth-order valence-corrected chi connectivity index (χ4v) is 4.02. The molecule has 1 fully saturated rings. The van der Waals surface area contributed by atoms with E-state index in [0.717, 1.165) is 25.0 Å². The highest BCUT2D eigenvalue weighted by atomic mass is 19.1. The van der Waals surface area contributed by atoms with E-state index in [-0.39, 0.29) is 11.5 Å². The third kappa shape index (κ3) is 4.69. The summed E-state index contributed by atoms with van der Waals surface area (Å²) in [6.07, 6.45) is 6.92. The molecule has 0 saturated carbocycles. The normalized spacial score (nSPS) is 15.0. The number of halogens is 1. The largest absolute Gasteiger partial charge is 0.481 e. The summed E-state index contributed by atoms with van der Waals surface area (Å²) < 4.78 is 24.9. The van der Waals surface area contributed by atoms with E-state index in [1.807, 2.05) is 6.07 Å². The van der Waals surface area contributed by atoms with Crippen molar-refractivity contribution in [2.24, 2.45) is 5.92 Å². The van der Waals surface area contributed by atoms with Gasteiger partial charge in [-0.05, 0) is 50.3 Å². The lowest BCUT2D eigenvalue weighted by atomic mass is 9.96. The van der Waals surface area contributed by atoms with E-state index in [1.54, 1.807) is 19.4 Å². The van der Waals surface area contributed by atoms with Crippen molar-refractivity contribution in [2.45, 2.75) is 32.1 Å². The van der Waals surface area contributed by atoms with Crippen LogP contribution in [0.2, 0.25) is 0 Å². The van der Waals surface area contributed by atoms with Crippen molar-refractivity contribution >= 4 is 22.8 Å². The SMILES string of the molecule is COCCCCc1cnc(-c2cc(F)c3occc3c2)c(N2CCC(C(=O)O)CC2)n1. The predicted molar refractivity (Wildman–Crippen MR) is 115 cm³/mol. The molecular weight excluding hydrogens is 401 g/mol. The fourth-order valence-electron chi connectivity index (χ4n) is 4.02. The average molecular weight is 427 g/mol. The molecule has 0 unspecified atom stereocenters. The molecule has 3 aromatic rings. The van der Waals surface area contributed by atoms with E-state index in [4.69, 9.17) is 14.1 Å². The number of benzene rings is 1. The average Bonchev–Trinajstić information content (AvgIpc) is 3.26. The number of hydrogen-bond acceptors (Lipinski definition) is 6. The molecule has 1 aliphatic rings. The van der Waals surface area contributed by atoms with Crippen LogP contribution in [0.15, 0.2) is 35.1 Å². The van der Waals surface area contributed by atoms with Crippen LogP contribution in [0.1, 0.15) is 31.4 Å². The van der Waals surface area contributed by atoms with Crippen molar-refractivity contribution < 1.29 is 23.4 Å². The van der Waals surface area contributed by atoms with Gasteiger partial charge in [0.1, 0.15) is 5.69 Å². The zero-order chi connectivity index (χ0) is 21.8. The van der Waals surface area contributed by atoms with Crippen molar-refractivity contribution in [3.8, 4) is 11.3 Å². The van der Waals surface area contributed by atoms with Gasteiger partial charge in [0, 0.05) is 44.0 Å². The maximum atomic E-state index is 14.6.